The van der Waals surface area contributed by atoms with Crippen LogP contribution in [0.4, 0.5) is 161 Å². The molecule has 0 aromatic heterocycles. The van der Waals surface area contributed by atoms with Crippen molar-refractivity contribution in [2.75, 3.05) is 5.32 Å². The second-order valence-corrected chi connectivity index (χ2v) is 16.1. The van der Waals surface area contributed by atoms with Gasteiger partial charge in [-0.25, -0.2) is 0 Å². The van der Waals surface area contributed by atoms with Gasteiger partial charge in [0, 0.05) is 35.0 Å². The molecule has 4 rings (SSSR count). The number of hydrogen-bond donors (Lipinski definition) is 1. The van der Waals surface area contributed by atoms with Crippen LogP contribution < -0.4 is 5.32 Å². The zero-order chi connectivity index (χ0) is 58.6. The maximum absolute atomic E-state index is 14.8. The minimum atomic E-state index is -8.86. The predicted octanol–water partition coefficient (Wildman–Crippen LogP) is 17.6. The molecule has 0 bridgehead atoms. The predicted molar refractivity (Wildman–Crippen MR) is 189 cm³/mol. The lowest BCUT2D eigenvalue weighted by molar-refractivity contribution is -0.461. The fraction of sp³-hybridized carbons (Fsp3) is 0.500. The van der Waals surface area contributed by atoms with Crippen LogP contribution in [0.1, 0.15) is 24.0 Å². The third-order valence-corrected chi connectivity index (χ3v) is 11.3. The van der Waals surface area contributed by atoms with Crippen LogP contribution in [0, 0.1) is 0 Å². The fourth-order valence-corrected chi connectivity index (χ4v) is 6.81. The lowest BCUT2D eigenvalue weighted by Crippen LogP contribution is -2.74. The smallest absolute Gasteiger partial charge is 0.355 e. The van der Waals surface area contributed by atoms with Crippen LogP contribution >= 0.6 is 0 Å². The van der Waals surface area contributed by atoms with Gasteiger partial charge in [0.1, 0.15) is 0 Å². The number of alkyl halides is 34. The summed E-state index contributed by atoms with van der Waals surface area (Å²) in [5.74, 6) is -116. The zero-order valence-electron chi connectivity index (χ0n) is 35.1. The lowest BCUT2D eigenvalue weighted by atomic mass is 9.87. The Morgan fingerprint density at radius 3 is 0.693 bits per heavy atom. The highest BCUT2D eigenvalue weighted by Crippen LogP contribution is 2.66. The first-order valence-corrected chi connectivity index (χ1v) is 19.3. The average Bonchev–Trinajstić information content (AvgIpc) is 3.26. The van der Waals surface area contributed by atoms with E-state index < -0.39 is 143 Å². The van der Waals surface area contributed by atoms with Crippen molar-refractivity contribution in [2.45, 2.75) is 121 Å². The number of benzene rings is 4. The number of anilines is 2. The van der Waals surface area contributed by atoms with Gasteiger partial charge in [-0.05, 0) is 46.9 Å². The Balaban J connectivity index is 1.65. The van der Waals surface area contributed by atoms with E-state index in [0.29, 0.717) is 12.1 Å². The van der Waals surface area contributed by atoms with E-state index in [1.807, 2.05) is 0 Å². The average molecular weight is 1160 g/mol. The highest BCUT2D eigenvalue weighted by molar-refractivity contribution is 6.02. The molecular weight excluding hydrogens is 1140 g/mol. The fourth-order valence-electron chi connectivity index (χ4n) is 6.81. The molecule has 1 N–H and O–H groups in total. The van der Waals surface area contributed by atoms with Crippen LogP contribution in [0.5, 0.6) is 0 Å². The van der Waals surface area contributed by atoms with Crippen LogP contribution in [-0.2, 0) is 12.8 Å². The Kier molecular flexibility index (Phi) is 15.1. The van der Waals surface area contributed by atoms with Crippen molar-refractivity contribution >= 4 is 32.9 Å². The molecule has 4 aromatic rings. The topological polar surface area (TPSA) is 12.0 Å². The number of aryl methyl sites for hydroxylation is 2. The molecule has 0 unspecified atom stereocenters. The first-order valence-electron chi connectivity index (χ1n) is 19.3. The van der Waals surface area contributed by atoms with Crippen LogP contribution in [0.15, 0.2) is 72.8 Å². The summed E-state index contributed by atoms with van der Waals surface area (Å²) >= 11 is 0. The van der Waals surface area contributed by atoms with Gasteiger partial charge in [-0.1, -0.05) is 60.7 Å². The van der Waals surface area contributed by atoms with E-state index in [-0.39, 0.29) is 22.1 Å². The van der Waals surface area contributed by atoms with Gasteiger partial charge in [0.05, 0.1) is 0 Å². The Morgan fingerprint density at radius 1 is 0.240 bits per heavy atom. The van der Waals surface area contributed by atoms with Gasteiger partial charge in [0.2, 0.25) is 0 Å². The van der Waals surface area contributed by atoms with Gasteiger partial charge in [-0.2, -0.15) is 149 Å². The van der Waals surface area contributed by atoms with Crippen molar-refractivity contribution in [1.82, 2.24) is 0 Å². The van der Waals surface area contributed by atoms with Crippen LogP contribution in [0.25, 0.3) is 21.5 Å². The van der Waals surface area contributed by atoms with Crippen molar-refractivity contribution < 1.29 is 149 Å². The second kappa shape index (κ2) is 18.2. The summed E-state index contributed by atoms with van der Waals surface area (Å²) in [6.45, 7) is 0. The largest absolute Gasteiger partial charge is 0.460 e. The first-order chi connectivity index (χ1) is 33.1. The standard InChI is InChI=1S/C40H21F34N/c41-25(42,27(45,46)29(49,50)31(53,54)33(57,58)35(61,62)37(65,66)39(69,70)71)15-13-17-9-11-23(21-7-3-1-5-19(17)21)75-24-12-10-18(20-6-2-4-8-22(20)24)14-16-26(43,44)28(47,48)30(51,52)32(55,56)34(59,60)36(63,64)38(67,68)40(72,73)74/h1-12,75H,13-16H2. The third-order valence-electron chi connectivity index (χ3n) is 11.3. The molecule has 1 nitrogen and oxygen atoms in total. The van der Waals surface area contributed by atoms with Gasteiger partial charge in [0.15, 0.2) is 0 Å². The molecule has 0 fully saturated rings. The van der Waals surface area contributed by atoms with Crippen molar-refractivity contribution in [3.63, 3.8) is 0 Å². The summed E-state index contributed by atoms with van der Waals surface area (Å²) in [4.78, 5) is 0. The normalized spacial score (nSPS) is 15.5. The summed E-state index contributed by atoms with van der Waals surface area (Å²) in [6.07, 6.45) is -25.1. The molecule has 0 amide bonds. The first kappa shape index (κ1) is 62.4. The molecule has 0 saturated heterocycles. The number of hydrogen-bond acceptors (Lipinski definition) is 1. The molecule has 75 heavy (non-hydrogen) atoms. The number of rotatable bonds is 20. The highest BCUT2D eigenvalue weighted by atomic mass is 19.4. The molecular formula is C40H21F34N. The van der Waals surface area contributed by atoms with Gasteiger partial charge >= 0.3 is 95.3 Å². The van der Waals surface area contributed by atoms with Gasteiger partial charge in [-0.3, -0.25) is 0 Å². The molecule has 424 valence electrons. The van der Waals surface area contributed by atoms with E-state index in [0.717, 1.165) is 60.7 Å². The molecule has 0 aliphatic rings. The Labute approximate surface area is 392 Å². The Bertz CT molecular complexity index is 2530. The minimum absolute atomic E-state index is 0.271. The summed E-state index contributed by atoms with van der Waals surface area (Å²) in [6, 6.07) is 11.1. The summed E-state index contributed by atoms with van der Waals surface area (Å²) < 4.78 is 469. The lowest BCUT2D eigenvalue weighted by Gasteiger charge is -2.42. The third kappa shape index (κ3) is 9.00. The molecule has 0 radical (unpaired) electrons. The molecule has 0 heterocycles. The maximum atomic E-state index is 14.8. The zero-order valence-corrected chi connectivity index (χ0v) is 35.1. The molecule has 4 aromatic carbocycles. The Hall–Kier alpha value is -5.18. The SMILES string of the molecule is FC(F)(F)C(F)(F)C(F)(F)C(F)(F)C(F)(F)C(F)(F)C(F)(F)C(F)(F)CCc1ccc(Nc2ccc(CCC(F)(F)C(F)(F)C(F)(F)C(F)(F)C(F)(F)C(F)(F)C(F)(F)C(F)(F)F)c3ccccc23)c2ccccc12. The number of fused-ring (bicyclic) bond motifs is 2. The number of nitrogens with one attached hydrogen (secondary N) is 1. The summed E-state index contributed by atoms with van der Waals surface area (Å²) in [5, 5.41) is 1.22. The second-order valence-electron chi connectivity index (χ2n) is 16.1. The quantitative estimate of drug-likeness (QED) is 0.0870. The molecule has 0 aliphatic carbocycles. The van der Waals surface area contributed by atoms with Gasteiger partial charge in [0.25, 0.3) is 0 Å². The van der Waals surface area contributed by atoms with E-state index in [2.05, 4.69) is 5.32 Å². The van der Waals surface area contributed by atoms with Crippen LogP contribution in [0.3, 0.4) is 0 Å². The van der Waals surface area contributed by atoms with Crippen LogP contribution in [-0.4, -0.2) is 95.3 Å². The monoisotopic (exact) mass is 1160 g/mol. The van der Waals surface area contributed by atoms with Gasteiger partial charge in [-0.15, -0.1) is 0 Å². The molecule has 0 atom stereocenters. The maximum Gasteiger partial charge on any atom is 0.460 e. The van der Waals surface area contributed by atoms with Gasteiger partial charge < -0.3 is 5.32 Å². The summed E-state index contributed by atoms with van der Waals surface area (Å²) in [7, 11) is 0. The Morgan fingerprint density at radius 2 is 0.453 bits per heavy atom. The van der Waals surface area contributed by atoms with E-state index in [4.69, 9.17) is 0 Å². The van der Waals surface area contributed by atoms with Crippen molar-refractivity contribution in [3.8, 4) is 0 Å². The highest BCUT2D eigenvalue weighted by Gasteiger charge is 2.97. The molecule has 0 aliphatic heterocycles. The minimum Gasteiger partial charge on any atom is -0.355 e. The van der Waals surface area contributed by atoms with Crippen molar-refractivity contribution in [3.05, 3.63) is 83.9 Å². The van der Waals surface area contributed by atoms with E-state index in [9.17, 15) is 149 Å². The van der Waals surface area contributed by atoms with E-state index >= 15 is 0 Å². The van der Waals surface area contributed by atoms with Crippen molar-refractivity contribution in [1.29, 1.82) is 0 Å². The van der Waals surface area contributed by atoms with Crippen molar-refractivity contribution in [2.24, 2.45) is 0 Å². The molecule has 0 spiro atoms. The van der Waals surface area contributed by atoms with Crippen LogP contribution in [0.2, 0.25) is 0 Å². The number of halogens is 34. The van der Waals surface area contributed by atoms with E-state index in [1.165, 1.54) is 0 Å². The molecule has 35 heteroatoms. The van der Waals surface area contributed by atoms with E-state index in [1.54, 1.807) is 0 Å². The summed E-state index contributed by atoms with van der Waals surface area (Å²) in [5.41, 5.74) is -1.94. The molecule has 0 saturated carbocycles.